The maximum Gasteiger partial charge on any atom is 0.0814 e. The monoisotopic (exact) mass is 316 g/mol. The number of anilines is 1. The summed E-state index contributed by atoms with van der Waals surface area (Å²) in [5, 5.41) is 0. The zero-order chi connectivity index (χ0) is 17.4. The molecule has 122 valence electrons. The molecule has 0 aliphatic rings. The van der Waals surface area contributed by atoms with Crippen molar-refractivity contribution < 1.29 is 0 Å². The third-order valence-corrected chi connectivity index (χ3v) is 3.87. The summed E-state index contributed by atoms with van der Waals surface area (Å²) in [6, 6.07) is 18.9. The van der Waals surface area contributed by atoms with Crippen LogP contribution in [0.2, 0.25) is 0 Å². The van der Waals surface area contributed by atoms with Crippen LogP contribution < -0.4 is 4.90 Å². The molecule has 0 aliphatic carbocycles. The summed E-state index contributed by atoms with van der Waals surface area (Å²) in [6.07, 6.45) is 5.55. The van der Waals surface area contributed by atoms with Gasteiger partial charge in [0.05, 0.1) is 5.70 Å². The molecule has 0 saturated carbocycles. The minimum atomic E-state index is 0.775. The molecule has 0 heterocycles. The average molecular weight is 316 g/mol. The Morgan fingerprint density at radius 3 is 2.33 bits per heavy atom. The summed E-state index contributed by atoms with van der Waals surface area (Å²) in [7, 11) is 0. The SMILES string of the molecule is C=C/C=C\C(N=C)=C(/C)N(Cc1ccc(C)cc1)c1ccccc1. The molecule has 0 aliphatic heterocycles. The molecule has 2 rings (SSSR count). The van der Waals surface area contributed by atoms with E-state index >= 15 is 0 Å². The van der Waals surface area contributed by atoms with Gasteiger partial charge in [0.25, 0.3) is 0 Å². The fraction of sp³-hybridized carbons (Fsp3) is 0.136. The molecular weight excluding hydrogens is 292 g/mol. The number of aryl methyl sites for hydroxylation is 1. The van der Waals surface area contributed by atoms with Crippen molar-refractivity contribution in [2.45, 2.75) is 20.4 Å². The quantitative estimate of drug-likeness (QED) is 0.474. The van der Waals surface area contributed by atoms with E-state index in [9.17, 15) is 0 Å². The van der Waals surface area contributed by atoms with Crippen LogP contribution in [0.25, 0.3) is 0 Å². The third kappa shape index (κ3) is 4.56. The molecule has 24 heavy (non-hydrogen) atoms. The molecule has 0 N–H and O–H groups in total. The minimum absolute atomic E-state index is 0.775. The Hall–Kier alpha value is -2.87. The molecule has 0 fully saturated rings. The highest BCUT2D eigenvalue weighted by molar-refractivity contribution is 5.54. The van der Waals surface area contributed by atoms with Gasteiger partial charge >= 0.3 is 0 Å². The number of para-hydroxylation sites is 1. The van der Waals surface area contributed by atoms with E-state index in [-0.39, 0.29) is 0 Å². The molecular formula is C22H24N2. The van der Waals surface area contributed by atoms with Crippen LogP contribution >= 0.6 is 0 Å². The lowest BCUT2D eigenvalue weighted by Gasteiger charge is -2.27. The van der Waals surface area contributed by atoms with Gasteiger partial charge in [0.2, 0.25) is 0 Å². The molecule has 0 bridgehead atoms. The molecule has 0 spiro atoms. The van der Waals surface area contributed by atoms with Crippen molar-refractivity contribution in [1.82, 2.24) is 0 Å². The molecule has 0 radical (unpaired) electrons. The molecule has 0 unspecified atom stereocenters. The fourth-order valence-corrected chi connectivity index (χ4v) is 2.47. The van der Waals surface area contributed by atoms with Gasteiger partial charge in [-0.15, -0.1) is 0 Å². The number of rotatable bonds is 7. The van der Waals surface area contributed by atoms with E-state index in [0.29, 0.717) is 0 Å². The van der Waals surface area contributed by atoms with Crippen LogP contribution in [0.3, 0.4) is 0 Å². The van der Waals surface area contributed by atoms with Gasteiger partial charge in [-0.2, -0.15) is 0 Å². The van der Waals surface area contributed by atoms with E-state index in [1.165, 1.54) is 11.1 Å². The fourth-order valence-electron chi connectivity index (χ4n) is 2.47. The number of allylic oxidation sites excluding steroid dienone is 4. The van der Waals surface area contributed by atoms with Crippen LogP contribution in [0.15, 0.2) is 95.8 Å². The van der Waals surface area contributed by atoms with Crippen molar-refractivity contribution in [2.24, 2.45) is 4.99 Å². The van der Waals surface area contributed by atoms with Crippen LogP contribution in [0, 0.1) is 6.92 Å². The molecule has 2 heteroatoms. The lowest BCUT2D eigenvalue weighted by Crippen LogP contribution is -2.21. The zero-order valence-electron chi connectivity index (χ0n) is 14.4. The second kappa shape index (κ2) is 8.68. The van der Waals surface area contributed by atoms with Crippen molar-refractivity contribution in [3.05, 3.63) is 102 Å². The van der Waals surface area contributed by atoms with E-state index < -0.39 is 0 Å². The Balaban J connectivity index is 2.44. The average Bonchev–Trinajstić information content (AvgIpc) is 2.62. The highest BCUT2D eigenvalue weighted by Crippen LogP contribution is 2.24. The summed E-state index contributed by atoms with van der Waals surface area (Å²) in [5.41, 5.74) is 5.53. The van der Waals surface area contributed by atoms with Crippen LogP contribution in [0.1, 0.15) is 18.1 Å². The van der Waals surface area contributed by atoms with Gasteiger partial charge in [-0.1, -0.05) is 66.8 Å². The molecule has 0 aromatic heterocycles. The molecule has 0 amide bonds. The van der Waals surface area contributed by atoms with Crippen molar-refractivity contribution >= 4 is 12.4 Å². The Morgan fingerprint density at radius 1 is 1.08 bits per heavy atom. The number of aliphatic imine (C=N–C) groups is 1. The molecule has 2 nitrogen and oxygen atoms in total. The van der Waals surface area contributed by atoms with E-state index in [4.69, 9.17) is 0 Å². The minimum Gasteiger partial charge on any atom is -0.339 e. The van der Waals surface area contributed by atoms with Crippen LogP contribution in [-0.4, -0.2) is 6.72 Å². The second-order valence-electron chi connectivity index (χ2n) is 5.63. The first-order valence-electron chi connectivity index (χ1n) is 8.00. The van der Waals surface area contributed by atoms with Crippen molar-refractivity contribution in [2.75, 3.05) is 4.90 Å². The van der Waals surface area contributed by atoms with Crippen molar-refractivity contribution in [1.29, 1.82) is 0 Å². The zero-order valence-corrected chi connectivity index (χ0v) is 14.4. The highest BCUT2D eigenvalue weighted by atomic mass is 15.1. The van der Waals surface area contributed by atoms with Crippen LogP contribution in [0.5, 0.6) is 0 Å². The Morgan fingerprint density at radius 2 is 1.75 bits per heavy atom. The van der Waals surface area contributed by atoms with Gasteiger partial charge in [-0.3, -0.25) is 4.99 Å². The summed E-state index contributed by atoms with van der Waals surface area (Å²) >= 11 is 0. The largest absolute Gasteiger partial charge is 0.339 e. The van der Waals surface area contributed by atoms with Crippen LogP contribution in [-0.2, 0) is 6.54 Å². The third-order valence-electron chi connectivity index (χ3n) is 3.87. The van der Waals surface area contributed by atoms with Crippen molar-refractivity contribution in [3.63, 3.8) is 0 Å². The maximum absolute atomic E-state index is 4.18. The highest BCUT2D eigenvalue weighted by Gasteiger charge is 2.12. The van der Waals surface area contributed by atoms with Gasteiger partial charge in [0, 0.05) is 17.9 Å². The number of nitrogens with zero attached hydrogens (tertiary/aromatic N) is 2. The summed E-state index contributed by atoms with van der Waals surface area (Å²) in [5.74, 6) is 0. The second-order valence-corrected chi connectivity index (χ2v) is 5.63. The first-order valence-corrected chi connectivity index (χ1v) is 8.00. The molecule has 0 saturated heterocycles. The van der Waals surface area contributed by atoms with E-state index in [1.54, 1.807) is 6.08 Å². The Bertz CT molecular complexity index is 737. The molecule has 0 atom stereocenters. The maximum atomic E-state index is 4.18. The smallest absolute Gasteiger partial charge is 0.0814 e. The van der Waals surface area contributed by atoms with Gasteiger partial charge in [-0.25, -0.2) is 0 Å². The van der Waals surface area contributed by atoms with Gasteiger partial charge in [0.15, 0.2) is 0 Å². The molecule has 2 aromatic rings. The standard InChI is InChI=1S/C22H24N2/c1-5-6-12-22(23-4)19(3)24(21-10-8-7-9-11-21)17-20-15-13-18(2)14-16-20/h5-16H,1,4,17H2,2-3H3/b12-6-,22-19-. The molecule has 2 aromatic carbocycles. The van der Waals surface area contributed by atoms with Crippen LogP contribution in [0.4, 0.5) is 5.69 Å². The number of hydrogen-bond donors (Lipinski definition) is 0. The summed E-state index contributed by atoms with van der Waals surface area (Å²) in [6.45, 7) is 12.4. The summed E-state index contributed by atoms with van der Waals surface area (Å²) < 4.78 is 0. The van der Waals surface area contributed by atoms with Gasteiger partial charge in [0.1, 0.15) is 0 Å². The normalized spacial score (nSPS) is 11.9. The van der Waals surface area contributed by atoms with E-state index in [0.717, 1.165) is 23.6 Å². The first-order chi connectivity index (χ1) is 11.7. The van der Waals surface area contributed by atoms with E-state index in [2.05, 4.69) is 73.4 Å². The van der Waals surface area contributed by atoms with Gasteiger partial charge in [-0.05, 0) is 44.3 Å². The first kappa shape index (κ1) is 17.5. The van der Waals surface area contributed by atoms with Crippen molar-refractivity contribution in [3.8, 4) is 0 Å². The number of hydrogen-bond acceptors (Lipinski definition) is 2. The van der Waals surface area contributed by atoms with Gasteiger partial charge < -0.3 is 4.90 Å². The lowest BCUT2D eigenvalue weighted by molar-refractivity contribution is 0.899. The predicted octanol–water partition coefficient (Wildman–Crippen LogP) is 5.68. The summed E-state index contributed by atoms with van der Waals surface area (Å²) in [4.78, 5) is 6.43. The predicted molar refractivity (Wildman–Crippen MR) is 105 cm³/mol. The Kier molecular flexibility index (Phi) is 6.32. The lowest BCUT2D eigenvalue weighted by atomic mass is 10.1. The number of benzene rings is 2. The van der Waals surface area contributed by atoms with E-state index in [1.807, 2.05) is 30.4 Å². The Labute approximate surface area is 145 Å². The topological polar surface area (TPSA) is 15.6 Å².